The molecule has 150 valence electrons. The number of ether oxygens (including phenoxy) is 2. The third-order valence-electron chi connectivity index (χ3n) is 5.41. The van der Waals surface area contributed by atoms with Crippen molar-refractivity contribution in [3.8, 4) is 11.5 Å². The van der Waals surface area contributed by atoms with Gasteiger partial charge in [-0.15, -0.1) is 0 Å². The first kappa shape index (κ1) is 20.1. The monoisotopic (exact) mass is 382 g/mol. The van der Waals surface area contributed by atoms with Gasteiger partial charge in [-0.3, -0.25) is 4.79 Å². The standard InChI is InChI=1S/C23H30N2O3/c1-17-13-15-25(16-14-17)20-10-8-19(9-11-20)24-22(26)12-7-18-5-4-6-21(27-2)23(18)28-3/h4-6,8-11,17H,7,12-16H2,1-3H3,(H,24,26). The number of nitrogens with one attached hydrogen (secondary N) is 1. The topological polar surface area (TPSA) is 50.8 Å². The number of carbonyl (C=O) groups excluding carboxylic acids is 1. The van der Waals surface area contributed by atoms with Gasteiger partial charge in [-0.1, -0.05) is 19.1 Å². The van der Waals surface area contributed by atoms with E-state index in [0.717, 1.165) is 30.3 Å². The van der Waals surface area contributed by atoms with Crippen LogP contribution in [0.1, 0.15) is 31.7 Å². The van der Waals surface area contributed by atoms with Crippen LogP contribution in [0.15, 0.2) is 42.5 Å². The molecule has 1 aliphatic heterocycles. The van der Waals surface area contributed by atoms with Gasteiger partial charge in [0.1, 0.15) is 0 Å². The zero-order chi connectivity index (χ0) is 19.9. The van der Waals surface area contributed by atoms with Crippen molar-refractivity contribution in [2.24, 2.45) is 5.92 Å². The second kappa shape index (κ2) is 9.49. The molecule has 0 atom stereocenters. The molecule has 1 saturated heterocycles. The Morgan fingerprint density at radius 2 is 1.79 bits per heavy atom. The molecule has 28 heavy (non-hydrogen) atoms. The summed E-state index contributed by atoms with van der Waals surface area (Å²) in [6.07, 6.45) is 3.46. The summed E-state index contributed by atoms with van der Waals surface area (Å²) in [7, 11) is 3.23. The van der Waals surface area contributed by atoms with Gasteiger partial charge in [0.15, 0.2) is 11.5 Å². The molecule has 1 fully saturated rings. The normalized spacial score (nSPS) is 14.6. The largest absolute Gasteiger partial charge is 0.493 e. The van der Waals surface area contributed by atoms with Gasteiger partial charge in [0, 0.05) is 30.9 Å². The molecule has 0 bridgehead atoms. The van der Waals surface area contributed by atoms with E-state index in [1.54, 1.807) is 14.2 Å². The van der Waals surface area contributed by atoms with Gasteiger partial charge in [-0.2, -0.15) is 0 Å². The van der Waals surface area contributed by atoms with Crippen molar-refractivity contribution in [2.75, 3.05) is 37.5 Å². The first-order valence-corrected chi connectivity index (χ1v) is 9.95. The van der Waals surface area contributed by atoms with Gasteiger partial charge in [-0.05, 0) is 61.1 Å². The molecular formula is C23H30N2O3. The first-order valence-electron chi connectivity index (χ1n) is 9.95. The lowest BCUT2D eigenvalue weighted by atomic mass is 9.99. The molecule has 0 saturated carbocycles. The van der Waals surface area contributed by atoms with Gasteiger partial charge in [0.05, 0.1) is 14.2 Å². The highest BCUT2D eigenvalue weighted by molar-refractivity contribution is 5.91. The fourth-order valence-electron chi connectivity index (χ4n) is 3.64. The highest BCUT2D eigenvalue weighted by atomic mass is 16.5. The molecule has 0 unspecified atom stereocenters. The van der Waals surface area contributed by atoms with Crippen LogP contribution in [0.25, 0.3) is 0 Å². The number of rotatable bonds is 7. The third-order valence-corrected chi connectivity index (χ3v) is 5.41. The van der Waals surface area contributed by atoms with E-state index in [1.807, 2.05) is 30.3 Å². The number of carbonyl (C=O) groups is 1. The number of amides is 1. The first-order chi connectivity index (χ1) is 13.6. The van der Waals surface area contributed by atoms with Crippen LogP contribution in [-0.2, 0) is 11.2 Å². The number of piperidine rings is 1. The second-order valence-corrected chi connectivity index (χ2v) is 7.42. The Labute approximate surface area is 167 Å². The fourth-order valence-corrected chi connectivity index (χ4v) is 3.64. The Bertz CT molecular complexity index is 781. The van der Waals surface area contributed by atoms with Crippen molar-refractivity contribution in [1.29, 1.82) is 0 Å². The summed E-state index contributed by atoms with van der Waals surface area (Å²) in [6.45, 7) is 4.53. The number of para-hydroxylation sites is 1. The summed E-state index contributed by atoms with van der Waals surface area (Å²) in [6, 6.07) is 13.9. The molecule has 1 N–H and O–H groups in total. The van der Waals surface area contributed by atoms with E-state index in [4.69, 9.17) is 9.47 Å². The molecule has 3 rings (SSSR count). The summed E-state index contributed by atoms with van der Waals surface area (Å²) >= 11 is 0. The minimum atomic E-state index is -0.00980. The predicted molar refractivity (Wildman–Crippen MR) is 114 cm³/mol. The Morgan fingerprint density at radius 3 is 2.43 bits per heavy atom. The Morgan fingerprint density at radius 1 is 1.07 bits per heavy atom. The highest BCUT2D eigenvalue weighted by Crippen LogP contribution is 2.31. The Kier molecular flexibility index (Phi) is 6.80. The number of methoxy groups -OCH3 is 2. The lowest BCUT2D eigenvalue weighted by Gasteiger charge is -2.32. The summed E-state index contributed by atoms with van der Waals surface area (Å²) in [4.78, 5) is 14.8. The molecular weight excluding hydrogens is 352 g/mol. The van der Waals surface area contributed by atoms with Gasteiger partial charge < -0.3 is 19.7 Å². The molecule has 0 aliphatic carbocycles. The van der Waals surface area contributed by atoms with Gasteiger partial charge >= 0.3 is 0 Å². The Hall–Kier alpha value is -2.69. The van der Waals surface area contributed by atoms with Crippen molar-refractivity contribution in [2.45, 2.75) is 32.6 Å². The molecule has 0 aromatic heterocycles. The lowest BCUT2D eigenvalue weighted by Crippen LogP contribution is -2.32. The smallest absolute Gasteiger partial charge is 0.224 e. The number of hydrogen-bond acceptors (Lipinski definition) is 4. The summed E-state index contributed by atoms with van der Waals surface area (Å²) in [5.74, 6) is 2.18. The van der Waals surface area contributed by atoms with Crippen LogP contribution in [0.2, 0.25) is 0 Å². The zero-order valence-electron chi connectivity index (χ0n) is 17.0. The van der Waals surface area contributed by atoms with E-state index in [0.29, 0.717) is 24.3 Å². The van der Waals surface area contributed by atoms with Crippen LogP contribution in [-0.4, -0.2) is 33.2 Å². The van der Waals surface area contributed by atoms with Crippen LogP contribution >= 0.6 is 0 Å². The molecule has 1 amide bonds. The van der Waals surface area contributed by atoms with Crippen molar-refractivity contribution in [1.82, 2.24) is 0 Å². The van der Waals surface area contributed by atoms with Gasteiger partial charge in [0.25, 0.3) is 0 Å². The Balaban J connectivity index is 1.54. The van der Waals surface area contributed by atoms with Gasteiger partial charge in [0.2, 0.25) is 5.91 Å². The van der Waals surface area contributed by atoms with E-state index < -0.39 is 0 Å². The van der Waals surface area contributed by atoms with E-state index in [2.05, 4.69) is 29.3 Å². The quantitative estimate of drug-likeness (QED) is 0.765. The molecule has 5 nitrogen and oxygen atoms in total. The SMILES string of the molecule is COc1cccc(CCC(=O)Nc2ccc(N3CCC(C)CC3)cc2)c1OC. The van der Waals surface area contributed by atoms with E-state index in [9.17, 15) is 4.79 Å². The number of benzene rings is 2. The number of hydrogen-bond donors (Lipinski definition) is 1. The van der Waals surface area contributed by atoms with Crippen LogP contribution in [0.5, 0.6) is 11.5 Å². The van der Waals surface area contributed by atoms with Crippen LogP contribution in [0.4, 0.5) is 11.4 Å². The maximum absolute atomic E-state index is 12.4. The van der Waals surface area contributed by atoms with Crippen LogP contribution in [0.3, 0.4) is 0 Å². The zero-order valence-corrected chi connectivity index (χ0v) is 17.0. The lowest BCUT2D eigenvalue weighted by molar-refractivity contribution is -0.116. The number of aryl methyl sites for hydroxylation is 1. The fraction of sp³-hybridized carbons (Fsp3) is 0.435. The van der Waals surface area contributed by atoms with Crippen LogP contribution < -0.4 is 19.7 Å². The van der Waals surface area contributed by atoms with Gasteiger partial charge in [-0.25, -0.2) is 0 Å². The molecule has 2 aromatic rings. The maximum atomic E-state index is 12.4. The average molecular weight is 383 g/mol. The molecule has 1 aliphatic rings. The van der Waals surface area contributed by atoms with Crippen molar-refractivity contribution < 1.29 is 14.3 Å². The maximum Gasteiger partial charge on any atom is 0.224 e. The average Bonchev–Trinajstić information content (AvgIpc) is 2.73. The summed E-state index contributed by atoms with van der Waals surface area (Å²) in [5, 5.41) is 2.99. The van der Waals surface area contributed by atoms with E-state index >= 15 is 0 Å². The van der Waals surface area contributed by atoms with Crippen molar-refractivity contribution >= 4 is 17.3 Å². The molecule has 1 heterocycles. The summed E-state index contributed by atoms with van der Waals surface area (Å²) in [5.41, 5.74) is 3.02. The molecule has 0 radical (unpaired) electrons. The molecule has 0 spiro atoms. The van der Waals surface area contributed by atoms with Crippen molar-refractivity contribution in [3.63, 3.8) is 0 Å². The van der Waals surface area contributed by atoms with E-state index in [1.165, 1.54) is 18.5 Å². The third kappa shape index (κ3) is 4.97. The minimum absolute atomic E-state index is 0.00980. The van der Waals surface area contributed by atoms with E-state index in [-0.39, 0.29) is 5.91 Å². The number of nitrogens with zero attached hydrogens (tertiary/aromatic N) is 1. The molecule has 5 heteroatoms. The second-order valence-electron chi connectivity index (χ2n) is 7.42. The molecule has 2 aromatic carbocycles. The minimum Gasteiger partial charge on any atom is -0.493 e. The summed E-state index contributed by atoms with van der Waals surface area (Å²) < 4.78 is 10.8. The highest BCUT2D eigenvalue weighted by Gasteiger charge is 2.16. The predicted octanol–water partition coefficient (Wildman–Crippen LogP) is 4.51. The van der Waals surface area contributed by atoms with Crippen molar-refractivity contribution in [3.05, 3.63) is 48.0 Å². The van der Waals surface area contributed by atoms with Crippen LogP contribution in [0, 0.1) is 5.92 Å². The number of anilines is 2.